The fraction of sp³-hybridized carbons (Fsp3) is 0.217. The van der Waals surface area contributed by atoms with Crippen LogP contribution in [0, 0.1) is 11.3 Å². The van der Waals surface area contributed by atoms with Crippen molar-refractivity contribution in [3.63, 3.8) is 0 Å². The van der Waals surface area contributed by atoms with Gasteiger partial charge in [0.25, 0.3) is 0 Å². The summed E-state index contributed by atoms with van der Waals surface area (Å²) in [7, 11) is 0. The minimum atomic E-state index is 0.255. The van der Waals surface area contributed by atoms with E-state index in [1.54, 1.807) is 0 Å². The number of halogens is 1. The van der Waals surface area contributed by atoms with E-state index < -0.39 is 0 Å². The molecular formula is C23H20ClN3O. The summed E-state index contributed by atoms with van der Waals surface area (Å²) in [5.74, 6) is 2.36. The Kier molecular flexibility index (Phi) is 5.45. The molecule has 0 aliphatic carbocycles. The topological polar surface area (TPSA) is 49.1 Å². The van der Waals surface area contributed by atoms with Crippen molar-refractivity contribution < 1.29 is 4.74 Å². The zero-order chi connectivity index (χ0) is 19.3. The van der Waals surface area contributed by atoms with E-state index in [0.29, 0.717) is 5.56 Å². The fourth-order valence-corrected chi connectivity index (χ4v) is 3.68. The lowest BCUT2D eigenvalue weighted by molar-refractivity contribution is 0.483. The predicted octanol–water partition coefficient (Wildman–Crippen LogP) is 6.06. The number of nitriles is 1. The summed E-state index contributed by atoms with van der Waals surface area (Å²) in [6.45, 7) is 1.94. The summed E-state index contributed by atoms with van der Waals surface area (Å²) in [4.78, 5) is 6.71. The molecular weight excluding hydrogens is 370 g/mol. The maximum absolute atomic E-state index is 9.60. The second-order valence-corrected chi connectivity index (χ2v) is 7.15. The van der Waals surface area contributed by atoms with Gasteiger partial charge in [0, 0.05) is 18.7 Å². The quantitative estimate of drug-likeness (QED) is 0.509. The Bertz CT molecular complexity index is 991. The number of hydrogen-bond donors (Lipinski definition) is 0. The Morgan fingerprint density at radius 3 is 2.29 bits per heavy atom. The highest BCUT2D eigenvalue weighted by molar-refractivity contribution is 6.31. The average molecular weight is 390 g/mol. The highest BCUT2D eigenvalue weighted by Gasteiger charge is 2.18. The maximum atomic E-state index is 9.60. The number of anilines is 1. The first-order chi connectivity index (χ1) is 13.7. The van der Waals surface area contributed by atoms with Gasteiger partial charge in [-0.05, 0) is 55.2 Å². The van der Waals surface area contributed by atoms with E-state index in [0.717, 1.165) is 54.4 Å². The van der Waals surface area contributed by atoms with Gasteiger partial charge in [0.05, 0.1) is 5.56 Å². The summed E-state index contributed by atoms with van der Waals surface area (Å²) in [6, 6.07) is 21.5. The van der Waals surface area contributed by atoms with Crippen LogP contribution < -0.4 is 9.64 Å². The Balaban J connectivity index is 1.65. The normalized spacial score (nSPS) is 13.8. The van der Waals surface area contributed by atoms with E-state index in [1.165, 1.54) is 6.42 Å². The number of ether oxygens (including phenoxy) is 1. The summed E-state index contributed by atoms with van der Waals surface area (Å²) in [5.41, 5.74) is 2.12. The van der Waals surface area contributed by atoms with Crippen LogP contribution in [-0.2, 0) is 0 Å². The molecule has 2 heterocycles. The third-order valence-electron chi connectivity index (χ3n) is 4.90. The Morgan fingerprint density at radius 2 is 1.61 bits per heavy atom. The molecule has 2 aromatic carbocycles. The summed E-state index contributed by atoms with van der Waals surface area (Å²) in [5, 5.41) is 9.85. The maximum Gasteiger partial charge on any atom is 0.149 e. The van der Waals surface area contributed by atoms with Gasteiger partial charge in [-0.1, -0.05) is 41.9 Å². The zero-order valence-corrected chi connectivity index (χ0v) is 16.2. The number of pyridine rings is 1. The van der Waals surface area contributed by atoms with Crippen LogP contribution in [0.3, 0.4) is 0 Å². The van der Waals surface area contributed by atoms with Crippen LogP contribution in [-0.4, -0.2) is 18.1 Å². The monoisotopic (exact) mass is 389 g/mol. The lowest BCUT2D eigenvalue weighted by Gasteiger charge is -2.28. The van der Waals surface area contributed by atoms with Gasteiger partial charge < -0.3 is 9.64 Å². The fourth-order valence-electron chi connectivity index (χ4n) is 3.45. The van der Waals surface area contributed by atoms with Gasteiger partial charge in [0.1, 0.15) is 28.5 Å². The van der Waals surface area contributed by atoms with Crippen molar-refractivity contribution in [1.29, 1.82) is 5.26 Å². The van der Waals surface area contributed by atoms with Crippen molar-refractivity contribution in [2.45, 2.75) is 19.3 Å². The third-order valence-corrected chi connectivity index (χ3v) is 5.17. The van der Waals surface area contributed by atoms with Crippen LogP contribution in [0.5, 0.6) is 11.5 Å². The molecule has 4 nitrogen and oxygen atoms in total. The van der Waals surface area contributed by atoms with Gasteiger partial charge in [-0.2, -0.15) is 5.26 Å². The van der Waals surface area contributed by atoms with Gasteiger partial charge in [0.15, 0.2) is 0 Å². The first-order valence-electron chi connectivity index (χ1n) is 9.43. The number of aromatic nitrogens is 1. The Morgan fingerprint density at radius 1 is 0.929 bits per heavy atom. The van der Waals surface area contributed by atoms with Crippen LogP contribution >= 0.6 is 11.6 Å². The van der Waals surface area contributed by atoms with Crippen LogP contribution in [0.2, 0.25) is 5.15 Å². The molecule has 0 saturated carbocycles. The SMILES string of the molecule is N#Cc1c(-c2ccc(Oc3ccccc3)cc2)cc(N2CCCCC2)nc1Cl. The number of hydrogen-bond acceptors (Lipinski definition) is 4. The molecule has 1 saturated heterocycles. The van der Waals surface area contributed by atoms with E-state index in [2.05, 4.69) is 16.0 Å². The molecule has 1 fully saturated rings. The van der Waals surface area contributed by atoms with Gasteiger partial charge in [-0.25, -0.2) is 4.98 Å². The molecule has 1 aliphatic rings. The molecule has 1 aliphatic heterocycles. The van der Waals surface area contributed by atoms with Gasteiger partial charge in [-0.15, -0.1) is 0 Å². The lowest BCUT2D eigenvalue weighted by atomic mass is 10.0. The molecule has 5 heteroatoms. The molecule has 0 bridgehead atoms. The number of piperidine rings is 1. The first-order valence-corrected chi connectivity index (χ1v) is 9.81. The van der Waals surface area contributed by atoms with Gasteiger partial charge in [-0.3, -0.25) is 0 Å². The van der Waals surface area contributed by atoms with E-state index >= 15 is 0 Å². The van der Waals surface area contributed by atoms with E-state index in [-0.39, 0.29) is 5.15 Å². The molecule has 0 unspecified atom stereocenters. The van der Waals surface area contributed by atoms with Crippen molar-refractivity contribution in [2.75, 3.05) is 18.0 Å². The minimum absolute atomic E-state index is 0.255. The number of rotatable bonds is 4. The van der Waals surface area contributed by atoms with Crippen LogP contribution in [0.25, 0.3) is 11.1 Å². The van der Waals surface area contributed by atoms with Gasteiger partial charge >= 0.3 is 0 Å². The van der Waals surface area contributed by atoms with Crippen molar-refractivity contribution in [3.05, 3.63) is 71.4 Å². The molecule has 0 N–H and O–H groups in total. The molecule has 4 rings (SSSR count). The van der Waals surface area contributed by atoms with Gasteiger partial charge in [0.2, 0.25) is 0 Å². The van der Waals surface area contributed by atoms with Crippen molar-refractivity contribution in [1.82, 2.24) is 4.98 Å². The van der Waals surface area contributed by atoms with E-state index in [1.807, 2.05) is 60.7 Å². The minimum Gasteiger partial charge on any atom is -0.457 e. The smallest absolute Gasteiger partial charge is 0.149 e. The summed E-state index contributed by atoms with van der Waals surface area (Å²) >= 11 is 6.36. The molecule has 0 spiro atoms. The highest BCUT2D eigenvalue weighted by Crippen LogP contribution is 2.33. The van der Waals surface area contributed by atoms with Crippen molar-refractivity contribution in [3.8, 4) is 28.7 Å². The Labute approximate surface area is 170 Å². The standard InChI is InChI=1S/C23H20ClN3O/c24-23-21(16-25)20(15-22(26-23)27-13-5-2-6-14-27)17-9-11-19(12-10-17)28-18-7-3-1-4-8-18/h1,3-4,7-12,15H,2,5-6,13-14H2. The van der Waals surface area contributed by atoms with Crippen LogP contribution in [0.1, 0.15) is 24.8 Å². The summed E-state index contributed by atoms with van der Waals surface area (Å²) in [6.07, 6.45) is 3.55. The molecule has 3 aromatic rings. The second-order valence-electron chi connectivity index (χ2n) is 6.79. The molecule has 0 amide bonds. The molecule has 28 heavy (non-hydrogen) atoms. The molecule has 0 radical (unpaired) electrons. The molecule has 1 aromatic heterocycles. The van der Waals surface area contributed by atoms with E-state index in [4.69, 9.17) is 16.3 Å². The van der Waals surface area contributed by atoms with Crippen LogP contribution in [0.15, 0.2) is 60.7 Å². The van der Waals surface area contributed by atoms with E-state index in [9.17, 15) is 5.26 Å². The number of nitrogens with zero attached hydrogens (tertiary/aromatic N) is 3. The summed E-state index contributed by atoms with van der Waals surface area (Å²) < 4.78 is 5.86. The number of benzene rings is 2. The number of para-hydroxylation sites is 1. The lowest BCUT2D eigenvalue weighted by Crippen LogP contribution is -2.30. The zero-order valence-electron chi connectivity index (χ0n) is 15.4. The first kappa shape index (κ1) is 18.3. The third kappa shape index (κ3) is 3.95. The average Bonchev–Trinajstić information content (AvgIpc) is 2.75. The van der Waals surface area contributed by atoms with Crippen LogP contribution in [0.4, 0.5) is 5.82 Å². The predicted molar refractivity (Wildman–Crippen MR) is 112 cm³/mol. The van der Waals surface area contributed by atoms with Crippen molar-refractivity contribution >= 4 is 17.4 Å². The largest absolute Gasteiger partial charge is 0.457 e. The second kappa shape index (κ2) is 8.33. The van der Waals surface area contributed by atoms with Crippen molar-refractivity contribution in [2.24, 2.45) is 0 Å². The highest BCUT2D eigenvalue weighted by atomic mass is 35.5. The molecule has 0 atom stereocenters. The molecule has 140 valence electrons. The Hall–Kier alpha value is -3.03.